The lowest BCUT2D eigenvalue weighted by atomic mass is 9.86. The summed E-state index contributed by atoms with van der Waals surface area (Å²) in [7, 11) is 0. The third-order valence-electron chi connectivity index (χ3n) is 3.25. The summed E-state index contributed by atoms with van der Waals surface area (Å²) >= 11 is 0. The number of aromatic nitrogens is 1. The standard InChI is InChI=1S/C15H19NO2/c1-10-8-16(9-14(17)18)13-6-5-11(7-12(10)13)15(2,3)4/h5-8H,9H2,1-4H3,(H,17,18). The van der Waals surface area contributed by atoms with E-state index in [0.717, 1.165) is 16.5 Å². The topological polar surface area (TPSA) is 42.2 Å². The molecule has 2 rings (SSSR count). The number of hydrogen-bond acceptors (Lipinski definition) is 1. The molecule has 1 aromatic heterocycles. The summed E-state index contributed by atoms with van der Waals surface area (Å²) in [6.07, 6.45) is 1.91. The average Bonchev–Trinajstić information content (AvgIpc) is 2.53. The van der Waals surface area contributed by atoms with Crippen LogP contribution >= 0.6 is 0 Å². The van der Waals surface area contributed by atoms with Crippen molar-refractivity contribution in [3.63, 3.8) is 0 Å². The van der Waals surface area contributed by atoms with E-state index < -0.39 is 5.97 Å². The molecule has 0 unspecified atom stereocenters. The van der Waals surface area contributed by atoms with E-state index in [1.54, 1.807) is 4.57 Å². The van der Waals surface area contributed by atoms with Gasteiger partial charge in [-0.05, 0) is 35.6 Å². The van der Waals surface area contributed by atoms with Crippen molar-refractivity contribution in [1.29, 1.82) is 0 Å². The number of carboxylic acid groups (broad SMARTS) is 1. The molecule has 0 radical (unpaired) electrons. The lowest BCUT2D eigenvalue weighted by molar-refractivity contribution is -0.137. The van der Waals surface area contributed by atoms with E-state index in [0.29, 0.717) is 0 Å². The van der Waals surface area contributed by atoms with Gasteiger partial charge in [0.15, 0.2) is 0 Å². The summed E-state index contributed by atoms with van der Waals surface area (Å²) in [6, 6.07) is 6.27. The molecule has 2 aromatic rings. The van der Waals surface area contributed by atoms with Crippen molar-refractivity contribution in [2.75, 3.05) is 0 Å². The van der Waals surface area contributed by atoms with Gasteiger partial charge >= 0.3 is 5.97 Å². The van der Waals surface area contributed by atoms with Gasteiger partial charge in [-0.15, -0.1) is 0 Å². The first-order chi connectivity index (χ1) is 8.29. The number of hydrogen-bond donors (Lipinski definition) is 1. The zero-order valence-electron chi connectivity index (χ0n) is 11.3. The van der Waals surface area contributed by atoms with Crippen LogP contribution in [0.15, 0.2) is 24.4 Å². The molecule has 0 saturated carbocycles. The van der Waals surface area contributed by atoms with Crippen LogP contribution in [0, 0.1) is 6.92 Å². The lowest BCUT2D eigenvalue weighted by Crippen LogP contribution is -2.11. The van der Waals surface area contributed by atoms with Gasteiger partial charge < -0.3 is 9.67 Å². The van der Waals surface area contributed by atoms with Crippen LogP contribution in [0.5, 0.6) is 0 Å². The number of aliphatic carboxylic acids is 1. The summed E-state index contributed by atoms with van der Waals surface area (Å²) in [5.74, 6) is -0.813. The Hall–Kier alpha value is -1.77. The molecule has 0 spiro atoms. The number of carbonyl (C=O) groups is 1. The van der Waals surface area contributed by atoms with E-state index in [1.165, 1.54) is 5.56 Å². The van der Waals surface area contributed by atoms with Crippen molar-refractivity contribution in [3.8, 4) is 0 Å². The summed E-state index contributed by atoms with van der Waals surface area (Å²) in [4.78, 5) is 10.8. The van der Waals surface area contributed by atoms with Crippen molar-refractivity contribution in [2.24, 2.45) is 0 Å². The van der Waals surface area contributed by atoms with E-state index in [4.69, 9.17) is 5.11 Å². The van der Waals surface area contributed by atoms with Crippen molar-refractivity contribution in [2.45, 2.75) is 39.7 Å². The van der Waals surface area contributed by atoms with Crippen LogP contribution in [0.1, 0.15) is 31.9 Å². The van der Waals surface area contributed by atoms with Gasteiger partial charge in [-0.2, -0.15) is 0 Å². The molecule has 0 bridgehead atoms. The Morgan fingerprint density at radius 2 is 2.00 bits per heavy atom. The maximum atomic E-state index is 10.8. The summed E-state index contributed by atoms with van der Waals surface area (Å²) in [6.45, 7) is 8.57. The molecular weight excluding hydrogens is 226 g/mol. The van der Waals surface area contributed by atoms with Crippen LogP contribution in [0.3, 0.4) is 0 Å². The molecule has 0 aliphatic carbocycles. The molecule has 0 amide bonds. The highest BCUT2D eigenvalue weighted by Gasteiger charge is 2.16. The first-order valence-corrected chi connectivity index (χ1v) is 6.11. The smallest absolute Gasteiger partial charge is 0.323 e. The van der Waals surface area contributed by atoms with E-state index in [9.17, 15) is 4.79 Å². The van der Waals surface area contributed by atoms with Gasteiger partial charge in [0.2, 0.25) is 0 Å². The Labute approximate surface area is 107 Å². The molecule has 1 aromatic carbocycles. The molecule has 0 aliphatic rings. The van der Waals surface area contributed by atoms with Gasteiger partial charge in [-0.25, -0.2) is 0 Å². The Morgan fingerprint density at radius 3 is 2.56 bits per heavy atom. The average molecular weight is 245 g/mol. The highest BCUT2D eigenvalue weighted by molar-refractivity contribution is 5.85. The van der Waals surface area contributed by atoms with Crippen molar-refractivity contribution in [1.82, 2.24) is 4.57 Å². The lowest BCUT2D eigenvalue weighted by Gasteiger charge is -2.19. The fourth-order valence-electron chi connectivity index (χ4n) is 2.22. The maximum Gasteiger partial charge on any atom is 0.323 e. The molecule has 3 nitrogen and oxygen atoms in total. The zero-order valence-corrected chi connectivity index (χ0v) is 11.3. The molecule has 0 saturated heterocycles. The third kappa shape index (κ3) is 2.26. The SMILES string of the molecule is Cc1cn(CC(=O)O)c2ccc(C(C)(C)C)cc12. The normalized spacial score (nSPS) is 12.0. The number of fused-ring (bicyclic) bond motifs is 1. The van der Waals surface area contributed by atoms with Gasteiger partial charge in [-0.1, -0.05) is 26.8 Å². The van der Waals surface area contributed by atoms with E-state index in [-0.39, 0.29) is 12.0 Å². The van der Waals surface area contributed by atoms with E-state index in [2.05, 4.69) is 32.9 Å². The fraction of sp³-hybridized carbons (Fsp3) is 0.400. The fourth-order valence-corrected chi connectivity index (χ4v) is 2.22. The van der Waals surface area contributed by atoms with Crippen LogP contribution < -0.4 is 0 Å². The Bertz CT molecular complexity index is 603. The highest BCUT2D eigenvalue weighted by Crippen LogP contribution is 2.28. The van der Waals surface area contributed by atoms with E-state index >= 15 is 0 Å². The summed E-state index contributed by atoms with van der Waals surface area (Å²) in [5.41, 5.74) is 3.49. The van der Waals surface area contributed by atoms with Crippen LogP contribution in [0.4, 0.5) is 0 Å². The second-order valence-electron chi connectivity index (χ2n) is 5.82. The molecule has 96 valence electrons. The molecule has 0 aliphatic heterocycles. The predicted molar refractivity (Wildman–Crippen MR) is 73.0 cm³/mol. The minimum atomic E-state index is -0.813. The maximum absolute atomic E-state index is 10.8. The second kappa shape index (κ2) is 4.16. The molecule has 3 heteroatoms. The van der Waals surface area contributed by atoms with Gasteiger partial charge in [-0.3, -0.25) is 4.79 Å². The summed E-state index contributed by atoms with van der Waals surface area (Å²) < 4.78 is 1.79. The second-order valence-corrected chi connectivity index (χ2v) is 5.82. The van der Waals surface area contributed by atoms with Gasteiger partial charge in [0.05, 0.1) is 0 Å². The molecule has 1 N–H and O–H groups in total. The highest BCUT2D eigenvalue weighted by atomic mass is 16.4. The minimum Gasteiger partial charge on any atom is -0.480 e. The van der Waals surface area contributed by atoms with E-state index in [1.807, 2.05) is 19.2 Å². The van der Waals surface area contributed by atoms with Crippen molar-refractivity contribution >= 4 is 16.9 Å². The van der Waals surface area contributed by atoms with Crippen LogP contribution in [-0.2, 0) is 16.8 Å². The number of benzene rings is 1. The third-order valence-corrected chi connectivity index (χ3v) is 3.25. The van der Waals surface area contributed by atoms with Crippen LogP contribution in [0.25, 0.3) is 10.9 Å². The first-order valence-electron chi connectivity index (χ1n) is 6.11. The molecule has 0 atom stereocenters. The number of aryl methyl sites for hydroxylation is 1. The van der Waals surface area contributed by atoms with Gasteiger partial charge in [0.25, 0.3) is 0 Å². The molecular formula is C15H19NO2. The Kier molecular flexibility index (Phi) is 2.93. The molecule has 18 heavy (non-hydrogen) atoms. The largest absolute Gasteiger partial charge is 0.480 e. The zero-order chi connectivity index (χ0) is 13.5. The van der Waals surface area contributed by atoms with Crippen LogP contribution in [0.2, 0.25) is 0 Å². The van der Waals surface area contributed by atoms with Crippen molar-refractivity contribution < 1.29 is 9.90 Å². The van der Waals surface area contributed by atoms with Gasteiger partial charge in [0.1, 0.15) is 6.54 Å². The summed E-state index contributed by atoms with van der Waals surface area (Å²) in [5, 5.41) is 10.0. The van der Waals surface area contributed by atoms with Gasteiger partial charge in [0, 0.05) is 17.1 Å². The monoisotopic (exact) mass is 245 g/mol. The number of nitrogens with zero attached hydrogens (tertiary/aromatic N) is 1. The Morgan fingerprint density at radius 1 is 1.33 bits per heavy atom. The van der Waals surface area contributed by atoms with Crippen LogP contribution in [-0.4, -0.2) is 15.6 Å². The quantitative estimate of drug-likeness (QED) is 0.881. The number of rotatable bonds is 2. The predicted octanol–water partition coefficient (Wildman–Crippen LogP) is 3.33. The molecule has 0 fully saturated rings. The number of carboxylic acids is 1. The minimum absolute atomic E-state index is 0.0131. The first kappa shape index (κ1) is 12.7. The van der Waals surface area contributed by atoms with Crippen molar-refractivity contribution in [3.05, 3.63) is 35.5 Å². The Balaban J connectivity index is 2.59. The molecule has 1 heterocycles.